The zero-order chi connectivity index (χ0) is 12.0. The van der Waals surface area contributed by atoms with Crippen LogP contribution in [-0.4, -0.2) is 16.2 Å². The van der Waals surface area contributed by atoms with Crippen LogP contribution in [0, 0.1) is 0 Å². The number of aliphatic hydroxyl groups is 1. The van der Waals surface area contributed by atoms with Crippen molar-refractivity contribution in [2.24, 2.45) is 0 Å². The van der Waals surface area contributed by atoms with E-state index in [1.165, 1.54) is 0 Å². The summed E-state index contributed by atoms with van der Waals surface area (Å²) < 4.78 is 0. The number of rotatable bonds is 1. The fourth-order valence-corrected chi connectivity index (χ4v) is 2.41. The molecule has 0 saturated carbocycles. The highest BCUT2D eigenvalue weighted by Gasteiger charge is 2.29. The number of hydrogen-bond donors (Lipinski definition) is 2. The maximum atomic E-state index is 11.2. The van der Waals surface area contributed by atoms with Gasteiger partial charge in [-0.3, -0.25) is 0 Å². The predicted molar refractivity (Wildman–Crippen MR) is 62.9 cm³/mol. The largest absolute Gasteiger partial charge is 0.478 e. The number of fused-ring (bicyclic) bond motifs is 3. The van der Waals surface area contributed by atoms with Crippen molar-refractivity contribution in [3.63, 3.8) is 0 Å². The topological polar surface area (TPSA) is 57.5 Å². The summed E-state index contributed by atoms with van der Waals surface area (Å²) in [5, 5.41) is 19.3. The third kappa shape index (κ3) is 1.29. The third-order valence-corrected chi connectivity index (χ3v) is 3.15. The first-order valence-corrected chi connectivity index (χ1v) is 5.33. The molecule has 0 saturated heterocycles. The van der Waals surface area contributed by atoms with Gasteiger partial charge in [0.2, 0.25) is 0 Å². The van der Waals surface area contributed by atoms with E-state index < -0.39 is 12.1 Å². The standard InChI is InChI=1S/C14H10O3/c15-13-9-5-2-1-4-8(9)12-10(13)6-3-7-11(12)14(16)17/h1-7,13,15H,(H,16,17)/t13-/m1/s1. The average molecular weight is 226 g/mol. The van der Waals surface area contributed by atoms with E-state index >= 15 is 0 Å². The van der Waals surface area contributed by atoms with Gasteiger partial charge in [0.1, 0.15) is 6.10 Å². The summed E-state index contributed by atoms with van der Waals surface area (Å²) in [5.74, 6) is -0.967. The van der Waals surface area contributed by atoms with Crippen molar-refractivity contribution in [3.8, 4) is 11.1 Å². The second-order valence-corrected chi connectivity index (χ2v) is 4.06. The van der Waals surface area contributed by atoms with E-state index in [-0.39, 0.29) is 5.56 Å². The molecule has 3 heteroatoms. The normalized spacial score (nSPS) is 16.4. The first-order valence-electron chi connectivity index (χ1n) is 5.33. The fourth-order valence-electron chi connectivity index (χ4n) is 2.41. The Balaban J connectivity index is 2.38. The van der Waals surface area contributed by atoms with Crippen LogP contribution in [0.4, 0.5) is 0 Å². The number of hydrogen-bond acceptors (Lipinski definition) is 2. The Bertz CT molecular complexity index is 617. The summed E-state index contributed by atoms with van der Waals surface area (Å²) in [6.45, 7) is 0. The molecule has 0 spiro atoms. The molecule has 0 amide bonds. The van der Waals surface area contributed by atoms with Crippen molar-refractivity contribution in [1.29, 1.82) is 0 Å². The van der Waals surface area contributed by atoms with Crippen LogP contribution in [0.2, 0.25) is 0 Å². The lowest BCUT2D eigenvalue weighted by atomic mass is 9.99. The molecule has 84 valence electrons. The van der Waals surface area contributed by atoms with E-state index in [0.717, 1.165) is 11.1 Å². The first-order chi connectivity index (χ1) is 8.20. The molecule has 3 rings (SSSR count). The molecule has 0 aliphatic heterocycles. The minimum absolute atomic E-state index is 0.242. The molecule has 0 aromatic heterocycles. The molecule has 0 fully saturated rings. The molecule has 2 N–H and O–H groups in total. The third-order valence-electron chi connectivity index (χ3n) is 3.15. The van der Waals surface area contributed by atoms with Crippen molar-refractivity contribution in [1.82, 2.24) is 0 Å². The van der Waals surface area contributed by atoms with Gasteiger partial charge in [-0.15, -0.1) is 0 Å². The molecule has 0 bridgehead atoms. The van der Waals surface area contributed by atoms with Crippen LogP contribution in [0.25, 0.3) is 11.1 Å². The zero-order valence-electron chi connectivity index (χ0n) is 8.92. The van der Waals surface area contributed by atoms with Gasteiger partial charge in [-0.2, -0.15) is 0 Å². The summed E-state index contributed by atoms with van der Waals surface area (Å²) in [5.41, 5.74) is 3.14. The lowest BCUT2D eigenvalue weighted by Crippen LogP contribution is -2.00. The maximum Gasteiger partial charge on any atom is 0.336 e. The van der Waals surface area contributed by atoms with Gasteiger partial charge in [0.15, 0.2) is 0 Å². The highest BCUT2D eigenvalue weighted by Crippen LogP contribution is 2.44. The van der Waals surface area contributed by atoms with Crippen LogP contribution in [0.3, 0.4) is 0 Å². The molecule has 0 unspecified atom stereocenters. The van der Waals surface area contributed by atoms with Gasteiger partial charge in [0.25, 0.3) is 0 Å². The van der Waals surface area contributed by atoms with Crippen LogP contribution in [-0.2, 0) is 0 Å². The van der Waals surface area contributed by atoms with Crippen molar-refractivity contribution in [3.05, 3.63) is 59.2 Å². The smallest absolute Gasteiger partial charge is 0.336 e. The van der Waals surface area contributed by atoms with E-state index in [0.29, 0.717) is 11.1 Å². The van der Waals surface area contributed by atoms with Crippen molar-refractivity contribution in [2.45, 2.75) is 6.10 Å². The Morgan fingerprint density at radius 3 is 2.47 bits per heavy atom. The second kappa shape index (κ2) is 3.43. The van der Waals surface area contributed by atoms with Gasteiger partial charge < -0.3 is 10.2 Å². The zero-order valence-corrected chi connectivity index (χ0v) is 8.92. The molecule has 0 heterocycles. The molecule has 2 aromatic carbocycles. The summed E-state index contributed by atoms with van der Waals surface area (Å²) >= 11 is 0. The van der Waals surface area contributed by atoms with E-state index in [9.17, 15) is 15.0 Å². The Hall–Kier alpha value is -2.13. The molecule has 1 atom stereocenters. The average Bonchev–Trinajstić information content (AvgIpc) is 2.64. The van der Waals surface area contributed by atoms with E-state index in [1.54, 1.807) is 18.2 Å². The van der Waals surface area contributed by atoms with Crippen LogP contribution < -0.4 is 0 Å². The Morgan fingerprint density at radius 2 is 1.71 bits per heavy atom. The van der Waals surface area contributed by atoms with Crippen molar-refractivity contribution in [2.75, 3.05) is 0 Å². The number of aliphatic hydroxyl groups excluding tert-OH is 1. The SMILES string of the molecule is O=C(O)c1cccc2c1-c1ccccc1[C@H]2O. The van der Waals surface area contributed by atoms with Gasteiger partial charge >= 0.3 is 5.97 Å². The molecule has 1 aliphatic rings. The van der Waals surface area contributed by atoms with Crippen molar-refractivity contribution < 1.29 is 15.0 Å². The molecule has 0 radical (unpaired) electrons. The van der Waals surface area contributed by atoms with Gasteiger partial charge in [0.05, 0.1) is 5.56 Å². The fraction of sp³-hybridized carbons (Fsp3) is 0.0714. The van der Waals surface area contributed by atoms with Gasteiger partial charge in [-0.05, 0) is 22.8 Å². The summed E-state index contributed by atoms with van der Waals surface area (Å²) in [7, 11) is 0. The van der Waals surface area contributed by atoms with Crippen LogP contribution in [0.1, 0.15) is 27.6 Å². The monoisotopic (exact) mass is 226 g/mol. The number of carboxylic acids is 1. The van der Waals surface area contributed by atoms with E-state index in [1.807, 2.05) is 24.3 Å². The van der Waals surface area contributed by atoms with Gasteiger partial charge in [0, 0.05) is 5.56 Å². The highest BCUT2D eigenvalue weighted by atomic mass is 16.4. The molecule has 3 nitrogen and oxygen atoms in total. The van der Waals surface area contributed by atoms with Gasteiger partial charge in [-0.25, -0.2) is 4.79 Å². The highest BCUT2D eigenvalue weighted by molar-refractivity contribution is 5.99. The Morgan fingerprint density at radius 1 is 1.00 bits per heavy atom. The van der Waals surface area contributed by atoms with Crippen LogP contribution in [0.15, 0.2) is 42.5 Å². The quantitative estimate of drug-likeness (QED) is 0.785. The van der Waals surface area contributed by atoms with Crippen LogP contribution in [0.5, 0.6) is 0 Å². The maximum absolute atomic E-state index is 11.2. The van der Waals surface area contributed by atoms with Gasteiger partial charge in [-0.1, -0.05) is 36.4 Å². The minimum Gasteiger partial charge on any atom is -0.478 e. The summed E-state index contributed by atoms with van der Waals surface area (Å²) in [6, 6.07) is 12.4. The number of aromatic carboxylic acids is 1. The molecular formula is C14H10O3. The summed E-state index contributed by atoms with van der Waals surface area (Å²) in [4.78, 5) is 11.2. The molecular weight excluding hydrogens is 216 g/mol. The van der Waals surface area contributed by atoms with E-state index in [2.05, 4.69) is 0 Å². The number of carbonyl (C=O) groups is 1. The minimum atomic E-state index is -0.967. The second-order valence-electron chi connectivity index (χ2n) is 4.06. The Labute approximate surface area is 98.0 Å². The first kappa shape index (κ1) is 10.1. The number of benzene rings is 2. The number of carboxylic acid groups (broad SMARTS) is 1. The summed E-state index contributed by atoms with van der Waals surface area (Å²) in [6.07, 6.45) is -0.722. The lowest BCUT2D eigenvalue weighted by molar-refractivity contribution is 0.0697. The lowest BCUT2D eigenvalue weighted by Gasteiger charge is -2.06. The van der Waals surface area contributed by atoms with E-state index in [4.69, 9.17) is 0 Å². The predicted octanol–water partition coefficient (Wildman–Crippen LogP) is 2.45. The molecule has 17 heavy (non-hydrogen) atoms. The van der Waals surface area contributed by atoms with Crippen LogP contribution >= 0.6 is 0 Å². The Kier molecular flexibility index (Phi) is 2.03. The van der Waals surface area contributed by atoms with Crippen molar-refractivity contribution >= 4 is 5.97 Å². The molecule has 2 aromatic rings. The molecule has 1 aliphatic carbocycles.